The highest BCUT2D eigenvalue weighted by Gasteiger charge is 2.19. The van der Waals surface area contributed by atoms with E-state index in [1.165, 1.54) is 283 Å². The van der Waals surface area contributed by atoms with Gasteiger partial charge in [0.25, 0.3) is 0 Å². The van der Waals surface area contributed by atoms with E-state index in [4.69, 9.17) is 14.2 Å². The molecule has 6 heteroatoms. The lowest BCUT2D eigenvalue weighted by Gasteiger charge is -2.18. The number of rotatable bonds is 61. The van der Waals surface area contributed by atoms with Crippen LogP contribution in [0.1, 0.15) is 380 Å². The highest BCUT2D eigenvalue weighted by Crippen LogP contribution is 2.19. The maximum Gasteiger partial charge on any atom is 0.306 e. The van der Waals surface area contributed by atoms with Crippen molar-refractivity contribution in [1.82, 2.24) is 0 Å². The first-order chi connectivity index (χ1) is 35.0. The molecule has 422 valence electrons. The van der Waals surface area contributed by atoms with Crippen molar-refractivity contribution in [3.63, 3.8) is 0 Å². The Labute approximate surface area is 444 Å². The lowest BCUT2D eigenvalue weighted by atomic mass is 10.0. The van der Waals surface area contributed by atoms with Crippen molar-refractivity contribution in [3.8, 4) is 0 Å². The minimum absolute atomic E-state index is 0.0617. The predicted octanol–water partition coefficient (Wildman–Crippen LogP) is 21.9. The fourth-order valence-corrected chi connectivity index (χ4v) is 10.2. The minimum atomic E-state index is -0.760. The summed E-state index contributed by atoms with van der Waals surface area (Å²) in [4.78, 5) is 38.0. The van der Waals surface area contributed by atoms with Crippen LogP contribution in [0.2, 0.25) is 0 Å². The molecule has 1 atom stereocenters. The third-order valence-electron chi connectivity index (χ3n) is 15.1. The average Bonchev–Trinajstić information content (AvgIpc) is 3.37. The number of esters is 3. The lowest BCUT2D eigenvalue weighted by Crippen LogP contribution is -2.30. The Morgan fingerprint density at radius 2 is 0.380 bits per heavy atom. The first-order valence-electron chi connectivity index (χ1n) is 32.5. The normalized spacial score (nSPS) is 11.9. The summed E-state index contributed by atoms with van der Waals surface area (Å²) in [5.41, 5.74) is 0. The third kappa shape index (κ3) is 59.2. The van der Waals surface area contributed by atoms with Crippen LogP contribution in [0.15, 0.2) is 0 Å². The Morgan fingerprint density at radius 3 is 0.563 bits per heavy atom. The maximum absolute atomic E-state index is 12.8. The monoisotopic (exact) mass is 1000 g/mol. The fourth-order valence-electron chi connectivity index (χ4n) is 10.2. The van der Waals surface area contributed by atoms with Crippen molar-refractivity contribution < 1.29 is 28.6 Å². The van der Waals surface area contributed by atoms with E-state index in [0.717, 1.165) is 57.8 Å². The number of carbonyl (C=O) groups excluding carboxylic acids is 3. The van der Waals surface area contributed by atoms with E-state index in [1.54, 1.807) is 0 Å². The summed E-state index contributed by atoms with van der Waals surface area (Å²) < 4.78 is 16.8. The second kappa shape index (κ2) is 61.0. The maximum atomic E-state index is 12.8. The molecule has 0 aliphatic rings. The van der Waals surface area contributed by atoms with Crippen LogP contribution in [-0.2, 0) is 28.6 Å². The van der Waals surface area contributed by atoms with Crippen LogP contribution in [-0.4, -0.2) is 37.2 Å². The quantitative estimate of drug-likeness (QED) is 0.0343. The van der Waals surface area contributed by atoms with Crippen molar-refractivity contribution in [3.05, 3.63) is 0 Å². The zero-order chi connectivity index (χ0) is 51.4. The molecule has 0 saturated carbocycles. The molecule has 0 radical (unpaired) electrons. The summed E-state index contributed by atoms with van der Waals surface area (Å²) >= 11 is 0. The number of ether oxygens (including phenoxy) is 3. The summed E-state index contributed by atoms with van der Waals surface area (Å²) in [6.07, 6.45) is 70.2. The molecule has 0 bridgehead atoms. The van der Waals surface area contributed by atoms with Gasteiger partial charge in [0, 0.05) is 19.3 Å². The Balaban J connectivity index is 3.89. The third-order valence-corrected chi connectivity index (χ3v) is 15.1. The molecule has 0 rings (SSSR count). The SMILES string of the molecule is CCCCCCCCCCCCCCCCCCCCCCCCCCCCCCCCCCCC(=O)OCC(COC(=O)CCCCCCCCCCCC)OC(=O)CCCCCCCCCCCC. The van der Waals surface area contributed by atoms with E-state index in [0.29, 0.717) is 19.3 Å². The van der Waals surface area contributed by atoms with Gasteiger partial charge in [0.05, 0.1) is 0 Å². The molecule has 0 aromatic heterocycles. The molecule has 0 heterocycles. The van der Waals surface area contributed by atoms with E-state index in [9.17, 15) is 14.4 Å². The first-order valence-corrected chi connectivity index (χ1v) is 32.5. The highest BCUT2D eigenvalue weighted by molar-refractivity contribution is 5.71. The number of unbranched alkanes of at least 4 members (excludes halogenated alkanes) is 50. The molecule has 71 heavy (non-hydrogen) atoms. The minimum Gasteiger partial charge on any atom is -0.462 e. The van der Waals surface area contributed by atoms with Crippen LogP contribution >= 0.6 is 0 Å². The van der Waals surface area contributed by atoms with Crippen LogP contribution in [0.4, 0.5) is 0 Å². The van der Waals surface area contributed by atoms with E-state index < -0.39 is 6.10 Å². The van der Waals surface area contributed by atoms with Crippen molar-refractivity contribution in [2.24, 2.45) is 0 Å². The Morgan fingerprint density at radius 1 is 0.225 bits per heavy atom. The molecular weight excluding hydrogens is 877 g/mol. The number of hydrogen-bond acceptors (Lipinski definition) is 6. The van der Waals surface area contributed by atoms with Crippen LogP contribution < -0.4 is 0 Å². The summed E-state index contributed by atoms with van der Waals surface area (Å²) in [6, 6.07) is 0. The second-order valence-electron chi connectivity index (χ2n) is 22.4. The molecule has 0 N–H and O–H groups in total. The fraction of sp³-hybridized carbons (Fsp3) is 0.954. The van der Waals surface area contributed by atoms with Crippen LogP contribution in [0.25, 0.3) is 0 Å². The topological polar surface area (TPSA) is 78.9 Å². The molecule has 0 aromatic rings. The van der Waals surface area contributed by atoms with E-state index >= 15 is 0 Å². The van der Waals surface area contributed by atoms with Gasteiger partial charge >= 0.3 is 17.9 Å². The molecule has 1 unspecified atom stereocenters. The molecule has 0 aliphatic carbocycles. The van der Waals surface area contributed by atoms with Gasteiger partial charge in [-0.3, -0.25) is 14.4 Å². The molecule has 0 aliphatic heterocycles. The van der Waals surface area contributed by atoms with Gasteiger partial charge < -0.3 is 14.2 Å². The molecule has 0 fully saturated rings. The lowest BCUT2D eigenvalue weighted by molar-refractivity contribution is -0.167. The predicted molar refractivity (Wildman–Crippen MR) is 307 cm³/mol. The highest BCUT2D eigenvalue weighted by atomic mass is 16.6. The molecule has 6 nitrogen and oxygen atoms in total. The Kier molecular flexibility index (Phi) is 59.6. The summed E-state index contributed by atoms with van der Waals surface area (Å²) in [5, 5.41) is 0. The second-order valence-corrected chi connectivity index (χ2v) is 22.4. The molecular formula is C65H126O6. The van der Waals surface area contributed by atoms with E-state index in [2.05, 4.69) is 20.8 Å². The average molecular weight is 1000 g/mol. The van der Waals surface area contributed by atoms with Gasteiger partial charge in [-0.2, -0.15) is 0 Å². The first kappa shape index (κ1) is 69.4. The van der Waals surface area contributed by atoms with Crippen molar-refractivity contribution >= 4 is 17.9 Å². The molecule has 0 aromatic carbocycles. The van der Waals surface area contributed by atoms with Crippen LogP contribution in [0.5, 0.6) is 0 Å². The molecule has 0 spiro atoms. The summed E-state index contributed by atoms with van der Waals surface area (Å²) in [6.45, 7) is 6.68. The molecule has 0 saturated heterocycles. The van der Waals surface area contributed by atoms with E-state index in [1.807, 2.05) is 0 Å². The van der Waals surface area contributed by atoms with Crippen LogP contribution in [0, 0.1) is 0 Å². The van der Waals surface area contributed by atoms with Crippen molar-refractivity contribution in [1.29, 1.82) is 0 Å². The smallest absolute Gasteiger partial charge is 0.306 e. The Hall–Kier alpha value is -1.59. The Bertz CT molecular complexity index is 1060. The van der Waals surface area contributed by atoms with Gasteiger partial charge in [-0.25, -0.2) is 0 Å². The van der Waals surface area contributed by atoms with Gasteiger partial charge in [0.2, 0.25) is 0 Å². The van der Waals surface area contributed by atoms with E-state index in [-0.39, 0.29) is 31.1 Å². The van der Waals surface area contributed by atoms with Gasteiger partial charge in [-0.05, 0) is 19.3 Å². The van der Waals surface area contributed by atoms with Gasteiger partial charge in [-0.15, -0.1) is 0 Å². The standard InChI is InChI=1S/C65H126O6/c1-4-7-10-13-16-19-22-23-24-25-26-27-28-29-30-31-32-33-34-35-36-37-38-39-40-41-42-43-44-47-49-52-55-58-64(67)70-61-62(71-65(68)59-56-53-50-46-21-18-15-12-9-6-3)60-69-63(66)57-54-51-48-45-20-17-14-11-8-5-2/h62H,4-61H2,1-3H3. The van der Waals surface area contributed by atoms with Crippen molar-refractivity contribution in [2.45, 2.75) is 386 Å². The van der Waals surface area contributed by atoms with Gasteiger partial charge in [0.1, 0.15) is 13.2 Å². The summed E-state index contributed by atoms with van der Waals surface area (Å²) in [5.74, 6) is -0.839. The summed E-state index contributed by atoms with van der Waals surface area (Å²) in [7, 11) is 0. The van der Waals surface area contributed by atoms with Crippen LogP contribution in [0.3, 0.4) is 0 Å². The molecule has 0 amide bonds. The van der Waals surface area contributed by atoms with Gasteiger partial charge in [0.15, 0.2) is 6.10 Å². The largest absolute Gasteiger partial charge is 0.462 e. The zero-order valence-electron chi connectivity index (χ0n) is 48.5. The number of carbonyl (C=O) groups is 3. The van der Waals surface area contributed by atoms with Gasteiger partial charge in [-0.1, -0.05) is 342 Å². The zero-order valence-corrected chi connectivity index (χ0v) is 48.5. The van der Waals surface area contributed by atoms with Crippen molar-refractivity contribution in [2.75, 3.05) is 13.2 Å². The number of hydrogen-bond donors (Lipinski definition) is 0.